The van der Waals surface area contributed by atoms with E-state index in [1.807, 2.05) is 53.7 Å². The Morgan fingerprint density at radius 2 is 1.20 bits per heavy atom. The second kappa shape index (κ2) is 22.7. The molecule has 0 fully saturated rings. The van der Waals surface area contributed by atoms with E-state index in [1.54, 1.807) is 13.4 Å². The van der Waals surface area contributed by atoms with Gasteiger partial charge in [-0.1, -0.05) is 88.3 Å². The molecule has 1 aromatic carbocycles. The molecular weight excluding hydrogens is 600 g/mol. The van der Waals surface area contributed by atoms with Crippen molar-refractivity contribution >= 4 is 24.2 Å². The minimum atomic E-state index is -0.712. The summed E-state index contributed by atoms with van der Waals surface area (Å²) in [5.74, 6) is 1.81. The van der Waals surface area contributed by atoms with Gasteiger partial charge in [0.05, 0.1) is 12.2 Å². The van der Waals surface area contributed by atoms with Crippen molar-refractivity contribution in [3.63, 3.8) is 0 Å². The second-order valence-electron chi connectivity index (χ2n) is 16.6. The predicted molar refractivity (Wildman–Crippen MR) is 197 cm³/mol. The first-order chi connectivity index (χ1) is 20.6. The van der Waals surface area contributed by atoms with Crippen molar-refractivity contribution in [2.75, 3.05) is 20.0 Å². The van der Waals surface area contributed by atoms with Gasteiger partial charge in [-0.15, -0.1) is 0 Å². The molecule has 272 valence electrons. The number of aryl methyl sites for hydroxylation is 1. The summed E-state index contributed by atoms with van der Waals surface area (Å²) in [4.78, 5) is 24.8. The highest BCUT2D eigenvalue weighted by Gasteiger charge is 2.30. The first-order valence-electron chi connectivity index (χ1n) is 16.6. The average Bonchev–Trinajstić information content (AvgIpc) is 2.83. The summed E-state index contributed by atoms with van der Waals surface area (Å²) in [5.41, 5.74) is 1.72. The summed E-state index contributed by atoms with van der Waals surface area (Å²) in [6.07, 6.45) is 3.72. The third-order valence-electron chi connectivity index (χ3n) is 5.76. The number of carbonyl (C=O) groups is 2. The lowest BCUT2D eigenvalue weighted by molar-refractivity contribution is -0.143. The van der Waals surface area contributed by atoms with Crippen molar-refractivity contribution < 1.29 is 33.1 Å². The highest BCUT2D eigenvalue weighted by atomic mass is 32.2. The Bertz CT molecular complexity index is 935. The molecule has 0 radical (unpaired) electrons. The second-order valence-corrected chi connectivity index (χ2v) is 16.9. The molecule has 0 atom stereocenters. The molecule has 46 heavy (non-hydrogen) atoms. The van der Waals surface area contributed by atoms with Crippen LogP contribution < -0.4 is 4.74 Å². The fourth-order valence-electron chi connectivity index (χ4n) is 3.41. The third kappa shape index (κ3) is 28.5. The molecule has 0 saturated heterocycles. The minimum absolute atomic E-state index is 0.0417. The normalized spacial score (nSPS) is 11.8. The van der Waals surface area contributed by atoms with Gasteiger partial charge in [-0.05, 0) is 101 Å². The van der Waals surface area contributed by atoms with Crippen molar-refractivity contribution in [3.8, 4) is 5.75 Å². The van der Waals surface area contributed by atoms with E-state index in [4.69, 9.17) is 23.5 Å². The number of hydrogen-bond donors (Lipinski definition) is 1. The lowest BCUT2D eigenvalue weighted by Crippen LogP contribution is -2.28. The molecule has 0 saturated carbocycles. The lowest BCUT2D eigenvalue weighted by Gasteiger charge is -2.30. The first-order valence-corrected chi connectivity index (χ1v) is 17.8. The van der Waals surface area contributed by atoms with E-state index in [1.165, 1.54) is 0 Å². The van der Waals surface area contributed by atoms with Crippen LogP contribution in [0.2, 0.25) is 0 Å². The monoisotopic (exact) mass is 672 g/mol. The molecule has 0 unspecified atom stereocenters. The van der Waals surface area contributed by atoms with Gasteiger partial charge in [0.2, 0.25) is 0 Å². The maximum absolute atomic E-state index is 12.5. The van der Waals surface area contributed by atoms with Gasteiger partial charge in [0.1, 0.15) is 11.4 Å². The van der Waals surface area contributed by atoms with E-state index in [-0.39, 0.29) is 22.4 Å². The molecule has 7 nitrogen and oxygen atoms in total. The fraction of sp³-hybridized carbons (Fsp3) is 0.789. The predicted octanol–water partition coefficient (Wildman–Crippen LogP) is 11.4. The zero-order chi connectivity index (χ0) is 37.1. The van der Waals surface area contributed by atoms with Gasteiger partial charge >= 0.3 is 12.1 Å². The van der Waals surface area contributed by atoms with Crippen molar-refractivity contribution in [2.24, 2.45) is 11.8 Å². The topological polar surface area (TPSA) is 91.3 Å². The Labute approximate surface area is 288 Å². The van der Waals surface area contributed by atoms with Gasteiger partial charge in [-0.2, -0.15) is 0 Å². The Hall–Kier alpha value is -1.77. The van der Waals surface area contributed by atoms with Crippen molar-refractivity contribution in [2.45, 2.75) is 165 Å². The van der Waals surface area contributed by atoms with Crippen LogP contribution in [0.3, 0.4) is 0 Å². The lowest BCUT2D eigenvalue weighted by atomic mass is 9.78. The Morgan fingerprint density at radius 3 is 1.50 bits per heavy atom. The third-order valence-corrected chi connectivity index (χ3v) is 5.76. The highest BCUT2D eigenvalue weighted by Crippen LogP contribution is 2.41. The molecule has 0 heterocycles. The smallest absolute Gasteiger partial charge is 0.466 e. The first kappa shape index (κ1) is 48.6. The molecule has 0 aromatic heterocycles. The van der Waals surface area contributed by atoms with Gasteiger partial charge in [0.25, 0.3) is 0 Å². The van der Waals surface area contributed by atoms with E-state index in [0.717, 1.165) is 47.5 Å². The number of benzene rings is 1. The number of rotatable bonds is 8. The van der Waals surface area contributed by atoms with Crippen LogP contribution in [-0.2, 0) is 36.3 Å². The Kier molecular flexibility index (Phi) is 24.0. The highest BCUT2D eigenvalue weighted by molar-refractivity contribution is 7.93. The molecule has 8 heteroatoms. The summed E-state index contributed by atoms with van der Waals surface area (Å²) in [7, 11) is 1.71. The molecule has 0 aliphatic rings. The quantitative estimate of drug-likeness (QED) is 0.126. The molecule has 1 aromatic rings. The number of hydrogen-bond acceptors (Lipinski definition) is 8. The molecule has 0 bridgehead atoms. The maximum Gasteiger partial charge on any atom is 0.514 e. The van der Waals surface area contributed by atoms with Crippen LogP contribution in [0.5, 0.6) is 5.75 Å². The Balaban J connectivity index is -0.00000120. The fourth-order valence-corrected chi connectivity index (χ4v) is 3.41. The van der Waals surface area contributed by atoms with E-state index < -0.39 is 11.8 Å². The molecule has 1 N–H and O–H groups in total. The van der Waals surface area contributed by atoms with Crippen molar-refractivity contribution in [1.29, 1.82) is 0 Å². The van der Waals surface area contributed by atoms with Crippen LogP contribution in [0.15, 0.2) is 12.1 Å². The van der Waals surface area contributed by atoms with Crippen LogP contribution in [0, 0.1) is 11.8 Å². The van der Waals surface area contributed by atoms with Gasteiger partial charge in [-0.3, -0.25) is 4.79 Å². The molecule has 1 rings (SSSR count). The minimum Gasteiger partial charge on any atom is -0.466 e. The van der Waals surface area contributed by atoms with Crippen LogP contribution in [-0.4, -0.2) is 47.9 Å². The molecule has 0 amide bonds. The van der Waals surface area contributed by atoms with E-state index in [0.29, 0.717) is 31.1 Å². The zero-order valence-electron chi connectivity index (χ0n) is 33.1. The van der Waals surface area contributed by atoms with Crippen molar-refractivity contribution in [3.05, 3.63) is 28.8 Å². The maximum atomic E-state index is 12.5. The Morgan fingerprint density at radius 1 is 0.804 bits per heavy atom. The number of ether oxygens (including phenoxy) is 4. The van der Waals surface area contributed by atoms with Crippen LogP contribution in [0.4, 0.5) is 4.79 Å². The SMILES string of the molecule is CC(C)C.CC(C)CCCOC(=O)CCc1cc(C(C)(C)C)c(OC(=O)OC(C)(C)C)c(C(C)(C)C)c1.COC(C)(C)C.CSO. The molecule has 0 spiro atoms. The van der Waals surface area contributed by atoms with Crippen LogP contribution >= 0.6 is 12.0 Å². The summed E-state index contributed by atoms with van der Waals surface area (Å²) >= 11 is 0.750. The zero-order valence-corrected chi connectivity index (χ0v) is 34.0. The molecular formula is C38H72O7S. The standard InChI is InChI=1S/C28H46O5.C5H12O.C4H10.CH4OS/c1-19(2)13-12-16-31-23(29)15-14-20-17-21(26(3,4)5)24(22(18-20)27(6,7)8)32-25(30)33-28(9,10)11;1-5(2,3)6-4;1-4(2)3;1-3-2/h17-19H,12-16H2,1-11H3;1-4H3;4H,1-3H3;2H,1H3. The van der Waals surface area contributed by atoms with Gasteiger partial charge < -0.3 is 23.5 Å². The van der Waals surface area contributed by atoms with Gasteiger partial charge in [0, 0.05) is 30.9 Å². The summed E-state index contributed by atoms with van der Waals surface area (Å²) < 4.78 is 29.1. The molecule has 0 aliphatic heterocycles. The summed E-state index contributed by atoms with van der Waals surface area (Å²) in [6, 6.07) is 4.09. The van der Waals surface area contributed by atoms with Gasteiger partial charge in [-0.25, -0.2) is 4.79 Å². The van der Waals surface area contributed by atoms with Crippen molar-refractivity contribution in [1.82, 2.24) is 0 Å². The van der Waals surface area contributed by atoms with E-state index >= 15 is 0 Å². The van der Waals surface area contributed by atoms with E-state index in [9.17, 15) is 9.59 Å². The molecule has 0 aliphatic carbocycles. The number of methoxy groups -OCH3 is 1. The van der Waals surface area contributed by atoms with Crippen LogP contribution in [0.25, 0.3) is 0 Å². The summed E-state index contributed by atoms with van der Waals surface area (Å²) in [6.45, 7) is 35.3. The largest absolute Gasteiger partial charge is 0.514 e. The van der Waals surface area contributed by atoms with E-state index in [2.05, 4.69) is 76.2 Å². The van der Waals surface area contributed by atoms with Crippen LogP contribution in [0.1, 0.15) is 154 Å². The van der Waals surface area contributed by atoms with Gasteiger partial charge in [0.15, 0.2) is 0 Å². The number of carbonyl (C=O) groups excluding carboxylic acids is 2. The summed E-state index contributed by atoms with van der Waals surface area (Å²) in [5, 5.41) is 0. The average molecular weight is 673 g/mol. The number of esters is 1.